The highest BCUT2D eigenvalue weighted by Crippen LogP contribution is 2.46. The van der Waals surface area contributed by atoms with Gasteiger partial charge in [-0.3, -0.25) is 14.9 Å². The smallest absolute Gasteiger partial charge is 0.340 e. The second-order valence-corrected chi connectivity index (χ2v) is 6.37. The Hall–Kier alpha value is -3.20. The van der Waals surface area contributed by atoms with E-state index in [-0.39, 0.29) is 53.7 Å². The molecule has 148 valence electrons. The first-order valence-corrected chi connectivity index (χ1v) is 8.78. The molecule has 0 fully saturated rings. The summed E-state index contributed by atoms with van der Waals surface area (Å²) in [6, 6.07) is 5.96. The first-order valence-electron chi connectivity index (χ1n) is 8.78. The van der Waals surface area contributed by atoms with E-state index in [1.54, 1.807) is 6.07 Å². The van der Waals surface area contributed by atoms with Crippen LogP contribution in [0.3, 0.4) is 0 Å². The van der Waals surface area contributed by atoms with E-state index in [1.165, 1.54) is 25.3 Å². The van der Waals surface area contributed by atoms with E-state index in [0.29, 0.717) is 18.6 Å². The summed E-state index contributed by atoms with van der Waals surface area (Å²) in [4.78, 5) is 36.4. The van der Waals surface area contributed by atoms with Gasteiger partial charge in [0.15, 0.2) is 5.78 Å². The van der Waals surface area contributed by atoms with Crippen molar-refractivity contribution in [2.45, 2.75) is 25.2 Å². The van der Waals surface area contributed by atoms with Crippen LogP contribution in [0.5, 0.6) is 0 Å². The molecule has 3 rings (SSSR count). The molecule has 2 aliphatic rings. The number of allylic oxidation sites excluding steroid dienone is 2. The molecule has 9 heteroatoms. The molecule has 1 heterocycles. The molecule has 0 radical (unpaired) electrons. The number of esters is 1. The van der Waals surface area contributed by atoms with Gasteiger partial charge in [-0.05, 0) is 6.42 Å². The van der Waals surface area contributed by atoms with E-state index < -0.39 is 16.8 Å². The summed E-state index contributed by atoms with van der Waals surface area (Å²) < 4.78 is 15.6. The van der Waals surface area contributed by atoms with Crippen LogP contribution in [-0.2, 0) is 23.8 Å². The number of rotatable bonds is 6. The minimum atomic E-state index is -1.02. The lowest BCUT2D eigenvalue weighted by Gasteiger charge is -2.32. The van der Waals surface area contributed by atoms with Crippen molar-refractivity contribution in [3.8, 4) is 0 Å². The van der Waals surface area contributed by atoms with Crippen LogP contribution in [0.2, 0.25) is 0 Å². The van der Waals surface area contributed by atoms with Gasteiger partial charge in [-0.2, -0.15) is 0 Å². The monoisotopic (exact) mass is 388 g/mol. The van der Waals surface area contributed by atoms with Crippen LogP contribution < -0.4 is 5.73 Å². The maximum Gasteiger partial charge on any atom is 0.340 e. The molecule has 9 nitrogen and oxygen atoms in total. The quantitative estimate of drug-likeness (QED) is 0.339. The molecule has 28 heavy (non-hydrogen) atoms. The average molecular weight is 388 g/mol. The Balaban J connectivity index is 2.14. The number of methoxy groups -OCH3 is 1. The zero-order valence-corrected chi connectivity index (χ0v) is 15.3. The van der Waals surface area contributed by atoms with E-state index in [9.17, 15) is 19.7 Å². The summed E-state index contributed by atoms with van der Waals surface area (Å²) in [5.74, 6) is -1.90. The fourth-order valence-corrected chi connectivity index (χ4v) is 3.46. The second-order valence-electron chi connectivity index (χ2n) is 6.37. The third-order valence-electron chi connectivity index (χ3n) is 4.67. The fraction of sp³-hybridized carbons (Fsp3) is 0.368. The minimum Gasteiger partial charge on any atom is -0.460 e. The van der Waals surface area contributed by atoms with E-state index in [0.717, 1.165) is 0 Å². The molecule has 1 unspecified atom stereocenters. The summed E-state index contributed by atoms with van der Waals surface area (Å²) in [5, 5.41) is 11.6. The number of para-hydroxylation sites is 1. The van der Waals surface area contributed by atoms with Gasteiger partial charge in [0.1, 0.15) is 17.9 Å². The number of carbonyl (C=O) groups is 2. The SMILES string of the molecule is COCCOC(=O)C1=C(N)OC2=C(C(=O)CCC2)C1c1ccccc1[N+](=O)[O-]. The molecular weight excluding hydrogens is 368 g/mol. The zero-order valence-electron chi connectivity index (χ0n) is 15.3. The minimum absolute atomic E-state index is 0.0322. The van der Waals surface area contributed by atoms with Gasteiger partial charge >= 0.3 is 5.97 Å². The summed E-state index contributed by atoms with van der Waals surface area (Å²) in [6.07, 6.45) is 1.32. The number of carbonyl (C=O) groups excluding carboxylic acids is 2. The number of nitro benzene ring substituents is 1. The molecule has 1 aliphatic carbocycles. The van der Waals surface area contributed by atoms with Gasteiger partial charge in [-0.1, -0.05) is 18.2 Å². The summed E-state index contributed by atoms with van der Waals surface area (Å²) in [5.41, 5.74) is 6.10. The number of hydrogen-bond donors (Lipinski definition) is 1. The highest BCUT2D eigenvalue weighted by atomic mass is 16.6. The van der Waals surface area contributed by atoms with Crippen molar-refractivity contribution in [3.05, 3.63) is 62.7 Å². The van der Waals surface area contributed by atoms with Crippen molar-refractivity contribution < 1.29 is 28.7 Å². The van der Waals surface area contributed by atoms with E-state index >= 15 is 0 Å². The molecule has 0 spiro atoms. The van der Waals surface area contributed by atoms with Crippen LogP contribution in [0.15, 0.2) is 47.1 Å². The number of Topliss-reactive ketones (excluding diaryl/α,β-unsaturated/α-hetero) is 1. The number of hydrogen-bond acceptors (Lipinski definition) is 8. The van der Waals surface area contributed by atoms with Crippen molar-refractivity contribution in [1.82, 2.24) is 0 Å². The first kappa shape index (κ1) is 19.6. The van der Waals surface area contributed by atoms with Crippen LogP contribution in [-0.4, -0.2) is 37.0 Å². The third-order valence-corrected chi connectivity index (χ3v) is 4.67. The molecule has 1 aliphatic heterocycles. The topological polar surface area (TPSA) is 131 Å². The predicted octanol–water partition coefficient (Wildman–Crippen LogP) is 2.08. The molecule has 1 aromatic rings. The largest absolute Gasteiger partial charge is 0.460 e. The number of nitrogens with zero attached hydrogens (tertiary/aromatic N) is 1. The van der Waals surface area contributed by atoms with Gasteiger partial charge in [-0.15, -0.1) is 0 Å². The molecular formula is C19H20N2O7. The standard InChI is InChI=1S/C19H20N2O7/c1-26-9-10-27-19(23)17-15(11-5-2-3-6-12(11)21(24)25)16-13(22)7-4-8-14(16)28-18(17)20/h2-3,5-6,15H,4,7-10,20H2,1H3. The number of nitro groups is 1. The van der Waals surface area contributed by atoms with Crippen LogP contribution >= 0.6 is 0 Å². The molecule has 0 saturated heterocycles. The van der Waals surface area contributed by atoms with Gasteiger partial charge in [-0.25, -0.2) is 4.79 Å². The van der Waals surface area contributed by atoms with Crippen LogP contribution in [0.1, 0.15) is 30.7 Å². The predicted molar refractivity (Wildman–Crippen MR) is 96.9 cm³/mol. The van der Waals surface area contributed by atoms with E-state index in [2.05, 4.69) is 0 Å². The number of nitrogens with two attached hydrogens (primary N) is 1. The average Bonchev–Trinajstić information content (AvgIpc) is 2.67. The summed E-state index contributed by atoms with van der Waals surface area (Å²) in [6.45, 7) is 0.137. The molecule has 0 bridgehead atoms. The summed E-state index contributed by atoms with van der Waals surface area (Å²) in [7, 11) is 1.46. The lowest BCUT2D eigenvalue weighted by atomic mass is 9.76. The van der Waals surface area contributed by atoms with Crippen LogP contribution in [0, 0.1) is 10.1 Å². The lowest BCUT2D eigenvalue weighted by molar-refractivity contribution is -0.385. The van der Waals surface area contributed by atoms with Gasteiger partial charge in [0.05, 0.1) is 17.4 Å². The van der Waals surface area contributed by atoms with Crippen molar-refractivity contribution in [1.29, 1.82) is 0 Å². The Morgan fingerprint density at radius 1 is 1.32 bits per heavy atom. The normalized spacial score (nSPS) is 19.2. The molecule has 0 aromatic heterocycles. The van der Waals surface area contributed by atoms with Gasteiger partial charge < -0.3 is 19.9 Å². The highest BCUT2D eigenvalue weighted by Gasteiger charge is 2.43. The van der Waals surface area contributed by atoms with Gasteiger partial charge in [0.2, 0.25) is 5.88 Å². The number of benzene rings is 1. The molecule has 2 N–H and O–H groups in total. The molecule has 1 aromatic carbocycles. The Bertz CT molecular complexity index is 888. The highest BCUT2D eigenvalue weighted by molar-refractivity contribution is 6.03. The van der Waals surface area contributed by atoms with Crippen LogP contribution in [0.4, 0.5) is 5.69 Å². The Labute approximate surface area is 160 Å². The summed E-state index contributed by atoms with van der Waals surface area (Å²) >= 11 is 0. The van der Waals surface area contributed by atoms with Crippen molar-refractivity contribution in [3.63, 3.8) is 0 Å². The maximum atomic E-state index is 12.7. The lowest BCUT2D eigenvalue weighted by Crippen LogP contribution is -2.32. The Morgan fingerprint density at radius 2 is 2.07 bits per heavy atom. The molecule has 0 saturated carbocycles. The Kier molecular flexibility index (Phi) is 5.74. The maximum absolute atomic E-state index is 12.7. The van der Waals surface area contributed by atoms with Crippen molar-refractivity contribution in [2.24, 2.45) is 5.73 Å². The van der Waals surface area contributed by atoms with Gasteiger partial charge in [0.25, 0.3) is 5.69 Å². The Morgan fingerprint density at radius 3 is 2.79 bits per heavy atom. The van der Waals surface area contributed by atoms with E-state index in [1.807, 2.05) is 0 Å². The second kappa shape index (κ2) is 8.22. The third kappa shape index (κ3) is 3.61. The first-order chi connectivity index (χ1) is 13.5. The van der Waals surface area contributed by atoms with E-state index in [4.69, 9.17) is 19.9 Å². The van der Waals surface area contributed by atoms with Crippen LogP contribution in [0.25, 0.3) is 0 Å². The van der Waals surface area contributed by atoms with Crippen molar-refractivity contribution >= 4 is 17.4 Å². The molecule has 0 amide bonds. The van der Waals surface area contributed by atoms with Crippen molar-refractivity contribution in [2.75, 3.05) is 20.3 Å². The number of ether oxygens (including phenoxy) is 3. The van der Waals surface area contributed by atoms with Gasteiger partial charge in [0, 0.05) is 37.2 Å². The zero-order chi connectivity index (χ0) is 20.3. The molecule has 1 atom stereocenters. The fourth-order valence-electron chi connectivity index (χ4n) is 3.46. The number of ketones is 1.